The van der Waals surface area contributed by atoms with Gasteiger partial charge in [0.25, 0.3) is 0 Å². The van der Waals surface area contributed by atoms with E-state index in [1.54, 1.807) is 6.92 Å². The average Bonchev–Trinajstić information content (AvgIpc) is 2.71. The first-order valence-electron chi connectivity index (χ1n) is 6.04. The number of aromatic carboxylic acids is 1. The summed E-state index contributed by atoms with van der Waals surface area (Å²) in [5.41, 5.74) is 0. The maximum absolute atomic E-state index is 12.3. The number of thiophene rings is 1. The lowest BCUT2D eigenvalue weighted by Crippen LogP contribution is -2.41. The van der Waals surface area contributed by atoms with E-state index in [9.17, 15) is 13.2 Å². The number of carboxylic acids is 1. The van der Waals surface area contributed by atoms with Crippen LogP contribution in [0.15, 0.2) is 11.0 Å². The molecule has 0 amide bonds. The van der Waals surface area contributed by atoms with Crippen LogP contribution in [0.25, 0.3) is 0 Å². The molecule has 1 atom stereocenters. The number of carboxylic acid groups (broad SMARTS) is 1. The first kappa shape index (κ1) is 17.1. The third-order valence-electron chi connectivity index (χ3n) is 2.83. The van der Waals surface area contributed by atoms with Crippen molar-refractivity contribution in [2.45, 2.75) is 31.7 Å². The number of carbonyl (C=O) groups is 1. The highest BCUT2D eigenvalue weighted by Crippen LogP contribution is 2.26. The Balaban J connectivity index is 3.07. The second-order valence-corrected chi connectivity index (χ2v) is 7.70. The summed E-state index contributed by atoms with van der Waals surface area (Å²) in [5, 5.41) is 8.92. The van der Waals surface area contributed by atoms with E-state index in [2.05, 4.69) is 4.72 Å². The first-order chi connectivity index (χ1) is 9.19. The molecule has 0 aliphatic heterocycles. The maximum Gasteiger partial charge on any atom is 0.345 e. The summed E-state index contributed by atoms with van der Waals surface area (Å²) in [7, 11) is -2.25. The van der Waals surface area contributed by atoms with Crippen LogP contribution < -0.4 is 4.72 Å². The molecule has 8 heteroatoms. The van der Waals surface area contributed by atoms with E-state index in [0.717, 1.165) is 11.3 Å². The van der Waals surface area contributed by atoms with Gasteiger partial charge in [0.1, 0.15) is 4.88 Å². The molecular weight excluding hydrogens is 302 g/mol. The van der Waals surface area contributed by atoms with E-state index < -0.39 is 16.0 Å². The minimum absolute atomic E-state index is 0.00992. The van der Waals surface area contributed by atoms with Gasteiger partial charge in [-0.3, -0.25) is 0 Å². The normalized spacial score (nSPS) is 13.7. The molecule has 2 N–H and O–H groups in total. The minimum atomic E-state index is -3.75. The number of aryl methyl sites for hydroxylation is 1. The van der Waals surface area contributed by atoms with Gasteiger partial charge >= 0.3 is 5.97 Å². The smallest absolute Gasteiger partial charge is 0.345 e. The van der Waals surface area contributed by atoms with Gasteiger partial charge in [-0.2, -0.15) is 0 Å². The monoisotopic (exact) mass is 321 g/mol. The number of hydrogen-bond acceptors (Lipinski definition) is 5. The second-order valence-electron chi connectivity index (χ2n) is 4.76. The fourth-order valence-electron chi connectivity index (χ4n) is 1.64. The van der Waals surface area contributed by atoms with Crippen LogP contribution in [0.2, 0.25) is 0 Å². The lowest BCUT2D eigenvalue weighted by Gasteiger charge is -2.21. The van der Waals surface area contributed by atoms with Crippen molar-refractivity contribution in [3.8, 4) is 0 Å². The lowest BCUT2D eigenvalue weighted by molar-refractivity contribution is 0.0702. The molecule has 1 aromatic heterocycles. The Bertz CT molecular complexity index is 577. The van der Waals surface area contributed by atoms with Crippen LogP contribution in [0.3, 0.4) is 0 Å². The van der Waals surface area contributed by atoms with Crippen molar-refractivity contribution < 1.29 is 23.1 Å². The quantitative estimate of drug-likeness (QED) is 0.797. The lowest BCUT2D eigenvalue weighted by atomic mass is 10.1. The Kier molecular flexibility index (Phi) is 5.69. The Labute approximate surface area is 122 Å². The van der Waals surface area contributed by atoms with Crippen LogP contribution in [-0.2, 0) is 14.8 Å². The van der Waals surface area contributed by atoms with Crippen LogP contribution >= 0.6 is 11.3 Å². The van der Waals surface area contributed by atoms with E-state index in [1.165, 1.54) is 13.2 Å². The van der Waals surface area contributed by atoms with Crippen LogP contribution in [0.5, 0.6) is 0 Å². The standard InChI is InChI=1S/C12H19NO5S2/c1-7(2)9(6-18-4)13-20(16,17)11-5-10(12(14)15)19-8(11)3/h5,7,9,13H,6H2,1-4H3,(H,14,15). The van der Waals surface area contributed by atoms with E-state index in [0.29, 0.717) is 4.88 Å². The zero-order valence-electron chi connectivity index (χ0n) is 11.8. The Morgan fingerprint density at radius 1 is 1.50 bits per heavy atom. The zero-order chi connectivity index (χ0) is 15.5. The summed E-state index contributed by atoms with van der Waals surface area (Å²) in [4.78, 5) is 11.4. The van der Waals surface area contributed by atoms with Gasteiger partial charge in [0.15, 0.2) is 0 Å². The molecule has 0 radical (unpaired) electrons. The molecular formula is C12H19NO5S2. The summed E-state index contributed by atoms with van der Waals surface area (Å²) in [6, 6.07) is 0.826. The highest BCUT2D eigenvalue weighted by Gasteiger charge is 2.26. The van der Waals surface area contributed by atoms with Crippen molar-refractivity contribution in [2.75, 3.05) is 13.7 Å². The molecule has 6 nitrogen and oxygen atoms in total. The number of nitrogens with one attached hydrogen (secondary N) is 1. The number of methoxy groups -OCH3 is 1. The van der Waals surface area contributed by atoms with Gasteiger partial charge in [0.05, 0.1) is 11.5 Å². The Morgan fingerprint density at radius 2 is 2.10 bits per heavy atom. The summed E-state index contributed by atoms with van der Waals surface area (Å²) >= 11 is 0.948. The van der Waals surface area contributed by atoms with E-state index in [4.69, 9.17) is 9.84 Å². The SMILES string of the molecule is COCC(NS(=O)(=O)c1cc(C(=O)O)sc1C)C(C)C. The molecule has 1 unspecified atom stereocenters. The fourth-order valence-corrected chi connectivity index (χ4v) is 4.44. The predicted octanol–water partition coefficient (Wildman–Crippen LogP) is 1.70. The topological polar surface area (TPSA) is 92.7 Å². The largest absolute Gasteiger partial charge is 0.477 e. The number of ether oxygens (including phenoxy) is 1. The summed E-state index contributed by atoms with van der Waals surface area (Å²) < 4.78 is 32.2. The summed E-state index contributed by atoms with van der Waals surface area (Å²) in [6.45, 7) is 5.61. The molecule has 0 aliphatic rings. The Morgan fingerprint density at radius 3 is 2.50 bits per heavy atom. The molecule has 114 valence electrons. The van der Waals surface area contributed by atoms with Gasteiger partial charge in [0, 0.05) is 18.0 Å². The van der Waals surface area contributed by atoms with Gasteiger partial charge in [-0.05, 0) is 18.9 Å². The summed E-state index contributed by atoms with van der Waals surface area (Å²) in [5.74, 6) is -1.07. The third kappa shape index (κ3) is 4.02. The van der Waals surface area contributed by atoms with E-state index in [-0.39, 0.29) is 28.3 Å². The van der Waals surface area contributed by atoms with Crippen molar-refractivity contribution in [2.24, 2.45) is 5.92 Å². The molecule has 1 heterocycles. The van der Waals surface area contributed by atoms with Gasteiger partial charge in [-0.15, -0.1) is 11.3 Å². The second kappa shape index (κ2) is 6.66. The maximum atomic E-state index is 12.3. The van der Waals surface area contributed by atoms with Crippen LogP contribution in [0, 0.1) is 12.8 Å². The van der Waals surface area contributed by atoms with Crippen molar-refractivity contribution in [1.82, 2.24) is 4.72 Å². The molecule has 0 saturated carbocycles. The fraction of sp³-hybridized carbons (Fsp3) is 0.583. The van der Waals surface area contributed by atoms with Crippen molar-refractivity contribution in [1.29, 1.82) is 0 Å². The van der Waals surface area contributed by atoms with Gasteiger partial charge in [-0.25, -0.2) is 17.9 Å². The molecule has 0 bridgehead atoms. The van der Waals surface area contributed by atoms with Crippen LogP contribution in [0.4, 0.5) is 0 Å². The predicted molar refractivity (Wildman–Crippen MR) is 76.8 cm³/mol. The molecule has 0 saturated heterocycles. The Hall–Kier alpha value is -0.960. The van der Waals surface area contributed by atoms with E-state index in [1.807, 2.05) is 13.8 Å². The van der Waals surface area contributed by atoms with Crippen molar-refractivity contribution in [3.05, 3.63) is 15.8 Å². The zero-order valence-corrected chi connectivity index (χ0v) is 13.5. The van der Waals surface area contributed by atoms with Gasteiger partial charge in [0.2, 0.25) is 10.0 Å². The highest BCUT2D eigenvalue weighted by atomic mass is 32.2. The molecule has 0 spiro atoms. The van der Waals surface area contributed by atoms with E-state index >= 15 is 0 Å². The van der Waals surface area contributed by atoms with Crippen LogP contribution in [0.1, 0.15) is 28.4 Å². The molecule has 0 fully saturated rings. The summed E-state index contributed by atoms with van der Waals surface area (Å²) in [6.07, 6.45) is 0. The highest BCUT2D eigenvalue weighted by molar-refractivity contribution is 7.89. The van der Waals surface area contributed by atoms with Gasteiger partial charge < -0.3 is 9.84 Å². The number of sulfonamides is 1. The van der Waals surface area contributed by atoms with Crippen LogP contribution in [-0.4, -0.2) is 39.3 Å². The number of hydrogen-bond donors (Lipinski definition) is 2. The molecule has 1 aromatic rings. The molecule has 0 aliphatic carbocycles. The van der Waals surface area contributed by atoms with Crippen molar-refractivity contribution >= 4 is 27.3 Å². The molecule has 20 heavy (non-hydrogen) atoms. The first-order valence-corrected chi connectivity index (χ1v) is 8.34. The van der Waals surface area contributed by atoms with Gasteiger partial charge in [-0.1, -0.05) is 13.8 Å². The average molecular weight is 321 g/mol. The number of rotatable bonds is 7. The molecule has 0 aromatic carbocycles. The third-order valence-corrected chi connectivity index (χ3v) is 5.61. The minimum Gasteiger partial charge on any atom is -0.477 e. The van der Waals surface area contributed by atoms with Crippen molar-refractivity contribution in [3.63, 3.8) is 0 Å². The molecule has 1 rings (SSSR count).